The third kappa shape index (κ3) is 2.83. The quantitative estimate of drug-likeness (QED) is 0.843. The molecule has 0 atom stereocenters. The van der Waals surface area contributed by atoms with Crippen molar-refractivity contribution >= 4 is 11.6 Å². The van der Waals surface area contributed by atoms with Gasteiger partial charge in [0.25, 0.3) is 0 Å². The molecule has 5 nitrogen and oxygen atoms in total. The van der Waals surface area contributed by atoms with Crippen molar-refractivity contribution in [2.45, 2.75) is 19.9 Å². The van der Waals surface area contributed by atoms with Crippen LogP contribution in [0.15, 0.2) is 18.2 Å². The van der Waals surface area contributed by atoms with E-state index in [1.807, 2.05) is 0 Å². The number of halogens is 2. The first-order chi connectivity index (χ1) is 8.72. The second-order valence-corrected chi connectivity index (χ2v) is 4.19. The number of aromatic nitrogens is 4. The van der Waals surface area contributed by atoms with E-state index in [0.29, 0.717) is 18.1 Å². The molecule has 0 aliphatic rings. The molecule has 0 bridgehead atoms. The van der Waals surface area contributed by atoms with Gasteiger partial charge in [-0.05, 0) is 41.6 Å². The van der Waals surface area contributed by atoms with Crippen LogP contribution in [0.1, 0.15) is 19.2 Å². The standard InChI is InChI=1S/C11H13ClFN5/c1-2-5-14-7-11-15-16-17-18(11)8-3-4-10(13)9(12)6-8/h3-4,6,14H,2,5,7H2,1H3. The minimum absolute atomic E-state index is 0.0514. The van der Waals surface area contributed by atoms with E-state index in [1.54, 1.807) is 6.07 Å². The molecule has 0 aliphatic carbocycles. The molecule has 0 saturated heterocycles. The lowest BCUT2D eigenvalue weighted by Crippen LogP contribution is -2.17. The first-order valence-electron chi connectivity index (χ1n) is 5.65. The molecular formula is C11H13ClFN5. The molecule has 1 heterocycles. The number of nitrogens with zero attached hydrogens (tertiary/aromatic N) is 4. The van der Waals surface area contributed by atoms with Crippen molar-refractivity contribution in [2.75, 3.05) is 6.54 Å². The van der Waals surface area contributed by atoms with Crippen molar-refractivity contribution in [3.05, 3.63) is 34.9 Å². The Kier molecular flexibility index (Phi) is 4.22. The number of rotatable bonds is 5. The summed E-state index contributed by atoms with van der Waals surface area (Å²) in [5, 5.41) is 14.7. The van der Waals surface area contributed by atoms with E-state index >= 15 is 0 Å². The lowest BCUT2D eigenvalue weighted by Gasteiger charge is -2.06. The van der Waals surface area contributed by atoms with Crippen molar-refractivity contribution in [2.24, 2.45) is 0 Å². The maximum atomic E-state index is 13.1. The molecule has 7 heteroatoms. The lowest BCUT2D eigenvalue weighted by molar-refractivity contribution is 0.622. The monoisotopic (exact) mass is 269 g/mol. The molecule has 1 aromatic heterocycles. The van der Waals surface area contributed by atoms with E-state index in [2.05, 4.69) is 27.8 Å². The SMILES string of the molecule is CCCNCc1nnnn1-c1ccc(F)c(Cl)c1. The molecule has 18 heavy (non-hydrogen) atoms. The van der Waals surface area contributed by atoms with Crippen LogP contribution < -0.4 is 5.32 Å². The van der Waals surface area contributed by atoms with Gasteiger partial charge in [-0.2, -0.15) is 4.68 Å². The second kappa shape index (κ2) is 5.88. The highest BCUT2D eigenvalue weighted by Crippen LogP contribution is 2.18. The summed E-state index contributed by atoms with van der Waals surface area (Å²) in [6, 6.07) is 4.38. The molecule has 2 aromatic rings. The van der Waals surface area contributed by atoms with Gasteiger partial charge in [-0.25, -0.2) is 4.39 Å². The van der Waals surface area contributed by atoms with Crippen LogP contribution in [-0.2, 0) is 6.54 Å². The fourth-order valence-corrected chi connectivity index (χ4v) is 1.69. The molecule has 1 N–H and O–H groups in total. The van der Waals surface area contributed by atoms with Gasteiger partial charge in [0.05, 0.1) is 17.3 Å². The van der Waals surface area contributed by atoms with Crippen LogP contribution in [0.25, 0.3) is 5.69 Å². The van der Waals surface area contributed by atoms with Gasteiger partial charge in [0.15, 0.2) is 5.82 Å². The number of hydrogen-bond acceptors (Lipinski definition) is 4. The zero-order valence-corrected chi connectivity index (χ0v) is 10.7. The number of nitrogens with one attached hydrogen (secondary N) is 1. The van der Waals surface area contributed by atoms with Crippen LogP contribution in [0.3, 0.4) is 0 Å². The van der Waals surface area contributed by atoms with E-state index in [1.165, 1.54) is 16.8 Å². The third-order valence-electron chi connectivity index (χ3n) is 2.39. The van der Waals surface area contributed by atoms with Gasteiger partial charge in [0.2, 0.25) is 0 Å². The summed E-state index contributed by atoms with van der Waals surface area (Å²) < 4.78 is 14.6. The molecule has 96 valence electrons. The maximum Gasteiger partial charge on any atom is 0.170 e. The first kappa shape index (κ1) is 12.9. The molecule has 1 aromatic carbocycles. The van der Waals surface area contributed by atoms with Crippen molar-refractivity contribution in [1.82, 2.24) is 25.5 Å². The van der Waals surface area contributed by atoms with E-state index in [0.717, 1.165) is 13.0 Å². The van der Waals surface area contributed by atoms with Gasteiger partial charge >= 0.3 is 0 Å². The minimum atomic E-state index is -0.459. The Hall–Kier alpha value is -1.53. The number of benzene rings is 1. The molecule has 0 saturated carbocycles. The molecule has 0 aliphatic heterocycles. The van der Waals surface area contributed by atoms with Gasteiger partial charge in [-0.3, -0.25) is 0 Å². The summed E-state index contributed by atoms with van der Waals surface area (Å²) in [6.45, 7) is 3.52. The number of tetrazole rings is 1. The third-order valence-corrected chi connectivity index (χ3v) is 2.68. The molecule has 0 spiro atoms. The zero-order chi connectivity index (χ0) is 13.0. The molecule has 0 fully saturated rings. The van der Waals surface area contributed by atoms with Crippen LogP contribution in [-0.4, -0.2) is 26.8 Å². The molecule has 0 amide bonds. The predicted molar refractivity (Wildman–Crippen MR) is 66.1 cm³/mol. The van der Waals surface area contributed by atoms with Crippen molar-refractivity contribution < 1.29 is 4.39 Å². The highest BCUT2D eigenvalue weighted by Gasteiger charge is 2.09. The Bertz CT molecular complexity index is 528. The Morgan fingerprint density at radius 1 is 1.44 bits per heavy atom. The van der Waals surface area contributed by atoms with Gasteiger partial charge in [0, 0.05) is 0 Å². The summed E-state index contributed by atoms with van der Waals surface area (Å²) >= 11 is 5.74. The Labute approximate surface area is 109 Å². The summed E-state index contributed by atoms with van der Waals surface area (Å²) in [7, 11) is 0. The van der Waals surface area contributed by atoms with Crippen LogP contribution in [0.2, 0.25) is 5.02 Å². The predicted octanol–water partition coefficient (Wildman–Crippen LogP) is 1.95. The van der Waals surface area contributed by atoms with E-state index in [-0.39, 0.29) is 5.02 Å². The van der Waals surface area contributed by atoms with Crippen LogP contribution in [0, 0.1) is 5.82 Å². The second-order valence-electron chi connectivity index (χ2n) is 3.78. The maximum absolute atomic E-state index is 13.1. The summed E-state index contributed by atoms with van der Waals surface area (Å²) in [5.74, 6) is 0.199. The van der Waals surface area contributed by atoms with Crippen molar-refractivity contribution in [1.29, 1.82) is 0 Å². The summed E-state index contributed by atoms with van der Waals surface area (Å²) in [6.07, 6.45) is 1.03. The molecular weight excluding hydrogens is 257 g/mol. The average molecular weight is 270 g/mol. The van der Waals surface area contributed by atoms with Gasteiger partial charge in [-0.1, -0.05) is 18.5 Å². The normalized spacial score (nSPS) is 10.8. The highest BCUT2D eigenvalue weighted by atomic mass is 35.5. The van der Waals surface area contributed by atoms with Crippen molar-refractivity contribution in [3.8, 4) is 5.69 Å². The van der Waals surface area contributed by atoms with E-state index in [4.69, 9.17) is 11.6 Å². The highest BCUT2D eigenvalue weighted by molar-refractivity contribution is 6.30. The van der Waals surface area contributed by atoms with Crippen molar-refractivity contribution in [3.63, 3.8) is 0 Å². The topological polar surface area (TPSA) is 55.6 Å². The van der Waals surface area contributed by atoms with E-state index in [9.17, 15) is 4.39 Å². The molecule has 0 radical (unpaired) electrons. The van der Waals surface area contributed by atoms with E-state index < -0.39 is 5.82 Å². The fraction of sp³-hybridized carbons (Fsp3) is 0.364. The first-order valence-corrected chi connectivity index (χ1v) is 6.03. The van der Waals surface area contributed by atoms with Gasteiger partial charge in [0.1, 0.15) is 5.82 Å². The Balaban J connectivity index is 2.22. The molecule has 2 rings (SSSR count). The summed E-state index contributed by atoms with van der Waals surface area (Å²) in [5.41, 5.74) is 0.639. The van der Waals surface area contributed by atoms with Crippen LogP contribution in [0.4, 0.5) is 4.39 Å². The fourth-order valence-electron chi connectivity index (χ4n) is 1.51. The smallest absolute Gasteiger partial charge is 0.170 e. The van der Waals surface area contributed by atoms with Crippen LogP contribution >= 0.6 is 11.6 Å². The zero-order valence-electron chi connectivity index (χ0n) is 9.90. The Morgan fingerprint density at radius 3 is 3.00 bits per heavy atom. The largest absolute Gasteiger partial charge is 0.310 e. The van der Waals surface area contributed by atoms with Crippen LogP contribution in [0.5, 0.6) is 0 Å². The van der Waals surface area contributed by atoms with Gasteiger partial charge < -0.3 is 5.32 Å². The molecule has 0 unspecified atom stereocenters. The minimum Gasteiger partial charge on any atom is -0.310 e. The lowest BCUT2D eigenvalue weighted by atomic mass is 10.3. The Morgan fingerprint density at radius 2 is 2.28 bits per heavy atom. The van der Waals surface area contributed by atoms with Gasteiger partial charge in [-0.15, -0.1) is 5.10 Å². The number of hydrogen-bond donors (Lipinski definition) is 1. The average Bonchev–Trinajstić information content (AvgIpc) is 2.81. The summed E-state index contributed by atoms with van der Waals surface area (Å²) in [4.78, 5) is 0.